The maximum atomic E-state index is 13.3. The van der Waals surface area contributed by atoms with E-state index in [2.05, 4.69) is 20.5 Å². The zero-order chi connectivity index (χ0) is 17.9. The van der Waals surface area contributed by atoms with Gasteiger partial charge in [0.25, 0.3) is 5.91 Å². The Morgan fingerprint density at radius 3 is 2.85 bits per heavy atom. The molecule has 0 spiro atoms. The molecule has 132 valence electrons. The van der Waals surface area contributed by atoms with E-state index in [9.17, 15) is 9.18 Å². The van der Waals surface area contributed by atoms with Crippen molar-refractivity contribution in [1.82, 2.24) is 20.5 Å². The van der Waals surface area contributed by atoms with Crippen molar-refractivity contribution in [2.45, 2.75) is 25.2 Å². The highest BCUT2D eigenvalue weighted by Crippen LogP contribution is 2.38. The molecule has 1 aliphatic rings. The molecule has 7 heteroatoms. The topological polar surface area (TPSA) is 80.9 Å². The predicted octanol–water partition coefficient (Wildman–Crippen LogP) is 3.12. The second kappa shape index (κ2) is 7.03. The molecule has 0 unspecified atom stereocenters. The number of carbonyl (C=O) groups excluding carboxylic acids is 1. The van der Waals surface area contributed by atoms with Crippen molar-refractivity contribution in [2.24, 2.45) is 0 Å². The first-order valence-electron chi connectivity index (χ1n) is 8.51. The Morgan fingerprint density at radius 1 is 1.23 bits per heavy atom. The Labute approximate surface area is 149 Å². The summed E-state index contributed by atoms with van der Waals surface area (Å²) < 4.78 is 18.8. The highest BCUT2D eigenvalue weighted by Gasteiger charge is 2.29. The van der Waals surface area contributed by atoms with Gasteiger partial charge in [-0.15, -0.1) is 10.2 Å². The van der Waals surface area contributed by atoms with Gasteiger partial charge in [-0.3, -0.25) is 9.78 Å². The number of amides is 1. The molecule has 0 bridgehead atoms. The summed E-state index contributed by atoms with van der Waals surface area (Å²) in [5, 5.41) is 10.8. The predicted molar refractivity (Wildman–Crippen MR) is 91.9 cm³/mol. The number of nitrogens with zero attached hydrogens (tertiary/aromatic N) is 3. The third-order valence-corrected chi connectivity index (χ3v) is 4.18. The third-order valence-electron chi connectivity index (χ3n) is 4.18. The second-order valence-electron chi connectivity index (χ2n) is 6.26. The lowest BCUT2D eigenvalue weighted by atomic mass is 10.1. The molecule has 3 aromatic rings. The second-order valence-corrected chi connectivity index (χ2v) is 6.26. The van der Waals surface area contributed by atoms with Gasteiger partial charge >= 0.3 is 0 Å². The summed E-state index contributed by atoms with van der Waals surface area (Å²) in [6.07, 6.45) is 4.18. The van der Waals surface area contributed by atoms with Crippen molar-refractivity contribution in [3.8, 4) is 11.3 Å². The first kappa shape index (κ1) is 16.4. The summed E-state index contributed by atoms with van der Waals surface area (Å²) in [6.45, 7) is 0.400. The molecule has 0 saturated heterocycles. The average Bonchev–Trinajstić information content (AvgIpc) is 3.41. The number of pyridine rings is 1. The van der Waals surface area contributed by atoms with Gasteiger partial charge in [0, 0.05) is 30.6 Å². The van der Waals surface area contributed by atoms with Gasteiger partial charge in [0.1, 0.15) is 5.82 Å². The molecule has 1 fully saturated rings. The number of benzene rings is 1. The van der Waals surface area contributed by atoms with E-state index in [1.807, 2.05) is 0 Å². The molecule has 0 atom stereocenters. The van der Waals surface area contributed by atoms with E-state index < -0.39 is 0 Å². The molecular weight excluding hydrogens is 335 g/mol. The van der Waals surface area contributed by atoms with E-state index >= 15 is 0 Å². The Bertz CT molecular complexity index is 919. The number of nitrogens with one attached hydrogen (secondary N) is 1. The summed E-state index contributed by atoms with van der Waals surface area (Å²) in [7, 11) is 0. The van der Waals surface area contributed by atoms with Gasteiger partial charge in [0.15, 0.2) is 0 Å². The Morgan fingerprint density at radius 2 is 2.12 bits per heavy atom. The summed E-state index contributed by atoms with van der Waals surface area (Å²) >= 11 is 0. The summed E-state index contributed by atoms with van der Waals surface area (Å²) in [4.78, 5) is 16.4. The number of hydrogen-bond donors (Lipinski definition) is 1. The van der Waals surface area contributed by atoms with Gasteiger partial charge in [-0.25, -0.2) is 4.39 Å². The molecular formula is C19H17FN4O2. The summed E-state index contributed by atoms with van der Waals surface area (Å²) in [6, 6.07) is 9.54. The molecule has 1 N–H and O–H groups in total. The molecule has 0 radical (unpaired) electrons. The molecule has 1 saturated carbocycles. The molecule has 1 aliphatic carbocycles. The molecule has 26 heavy (non-hydrogen) atoms. The van der Waals surface area contributed by atoms with Crippen LogP contribution in [0.3, 0.4) is 0 Å². The highest BCUT2D eigenvalue weighted by molar-refractivity contribution is 5.94. The minimum atomic E-state index is -0.322. The molecule has 4 rings (SSSR count). The van der Waals surface area contributed by atoms with Crippen LogP contribution in [0.5, 0.6) is 0 Å². The van der Waals surface area contributed by atoms with Crippen LogP contribution in [0.25, 0.3) is 11.3 Å². The Hall–Kier alpha value is -3.09. The van der Waals surface area contributed by atoms with Crippen molar-refractivity contribution in [3.63, 3.8) is 0 Å². The van der Waals surface area contributed by atoms with Gasteiger partial charge in [0.05, 0.1) is 11.3 Å². The normalized spacial score (nSPS) is 13.6. The highest BCUT2D eigenvalue weighted by atomic mass is 19.1. The first-order valence-corrected chi connectivity index (χ1v) is 8.51. The van der Waals surface area contributed by atoms with E-state index in [0.29, 0.717) is 47.5 Å². The first-order chi connectivity index (χ1) is 12.7. The van der Waals surface area contributed by atoms with Crippen LogP contribution >= 0.6 is 0 Å². The van der Waals surface area contributed by atoms with E-state index in [-0.39, 0.29) is 11.7 Å². The lowest BCUT2D eigenvalue weighted by molar-refractivity contribution is 0.0953. The van der Waals surface area contributed by atoms with Crippen LogP contribution < -0.4 is 5.32 Å². The smallest absolute Gasteiger partial charge is 0.252 e. The maximum Gasteiger partial charge on any atom is 0.252 e. The lowest BCUT2D eigenvalue weighted by Crippen LogP contribution is -2.25. The molecule has 0 aliphatic heterocycles. The van der Waals surface area contributed by atoms with E-state index in [1.54, 1.807) is 24.3 Å². The SMILES string of the molecule is O=C(NCCc1nnc(C2CC2)o1)c1ccc(-c2cccc(F)c2)nc1. The Balaban J connectivity index is 1.32. The van der Waals surface area contributed by atoms with Gasteiger partial charge in [-0.1, -0.05) is 12.1 Å². The Kier molecular flexibility index (Phi) is 4.43. The fourth-order valence-corrected chi connectivity index (χ4v) is 2.59. The van der Waals surface area contributed by atoms with Crippen LogP contribution in [0.4, 0.5) is 4.39 Å². The largest absolute Gasteiger partial charge is 0.425 e. The van der Waals surface area contributed by atoms with Crippen molar-refractivity contribution in [3.05, 3.63) is 65.8 Å². The fourth-order valence-electron chi connectivity index (χ4n) is 2.59. The number of halogens is 1. The van der Waals surface area contributed by atoms with Crippen LogP contribution in [0.2, 0.25) is 0 Å². The van der Waals surface area contributed by atoms with Gasteiger partial charge in [-0.05, 0) is 37.1 Å². The zero-order valence-electron chi connectivity index (χ0n) is 14.0. The minimum Gasteiger partial charge on any atom is -0.425 e. The van der Waals surface area contributed by atoms with Gasteiger partial charge < -0.3 is 9.73 Å². The summed E-state index contributed by atoms with van der Waals surface area (Å²) in [5.74, 6) is 1.10. The standard InChI is InChI=1S/C19H17FN4O2/c20-15-3-1-2-13(10-15)16-7-6-14(11-22-16)18(25)21-9-8-17-23-24-19(26-17)12-4-5-12/h1-3,6-7,10-12H,4-5,8-9H2,(H,21,25). The van der Waals surface area contributed by atoms with Crippen LogP contribution in [-0.2, 0) is 6.42 Å². The van der Waals surface area contributed by atoms with Gasteiger partial charge in [0.2, 0.25) is 11.8 Å². The maximum absolute atomic E-state index is 13.3. The summed E-state index contributed by atoms with van der Waals surface area (Å²) in [5.41, 5.74) is 1.72. The van der Waals surface area contributed by atoms with Gasteiger partial charge in [-0.2, -0.15) is 0 Å². The van der Waals surface area contributed by atoms with E-state index in [4.69, 9.17) is 4.42 Å². The van der Waals surface area contributed by atoms with Crippen molar-refractivity contribution in [1.29, 1.82) is 0 Å². The molecule has 2 heterocycles. The fraction of sp³-hybridized carbons (Fsp3) is 0.263. The molecule has 2 aromatic heterocycles. The van der Waals surface area contributed by atoms with Crippen molar-refractivity contribution >= 4 is 5.91 Å². The van der Waals surface area contributed by atoms with Crippen LogP contribution in [-0.4, -0.2) is 27.6 Å². The third kappa shape index (κ3) is 3.77. The average molecular weight is 352 g/mol. The van der Waals surface area contributed by atoms with Crippen LogP contribution in [0, 0.1) is 5.82 Å². The van der Waals surface area contributed by atoms with Crippen LogP contribution in [0.1, 0.15) is 40.9 Å². The monoisotopic (exact) mass is 352 g/mol. The number of carbonyl (C=O) groups is 1. The quantitative estimate of drug-likeness (QED) is 0.737. The van der Waals surface area contributed by atoms with E-state index in [1.165, 1.54) is 18.3 Å². The van der Waals surface area contributed by atoms with E-state index in [0.717, 1.165) is 12.8 Å². The number of hydrogen-bond acceptors (Lipinski definition) is 5. The molecule has 1 aromatic carbocycles. The van der Waals surface area contributed by atoms with Crippen molar-refractivity contribution < 1.29 is 13.6 Å². The molecule has 6 nitrogen and oxygen atoms in total. The molecule has 1 amide bonds. The van der Waals surface area contributed by atoms with Crippen LogP contribution in [0.15, 0.2) is 47.0 Å². The van der Waals surface area contributed by atoms with Crippen molar-refractivity contribution in [2.75, 3.05) is 6.54 Å². The number of aromatic nitrogens is 3. The zero-order valence-corrected chi connectivity index (χ0v) is 14.0. The minimum absolute atomic E-state index is 0.231. The lowest BCUT2D eigenvalue weighted by Gasteiger charge is -2.05. The number of rotatable bonds is 6.